The molecule has 0 saturated carbocycles. The summed E-state index contributed by atoms with van der Waals surface area (Å²) >= 11 is 0. The van der Waals surface area contributed by atoms with Crippen molar-refractivity contribution in [2.24, 2.45) is 5.73 Å². The molecular weight excluding hydrogens is 284 g/mol. The molecule has 0 aliphatic rings. The largest absolute Gasteiger partial charge is 0.324 e. The zero-order chi connectivity index (χ0) is 17.2. The Labute approximate surface area is 143 Å². The first kappa shape index (κ1) is 20.1. The van der Waals surface area contributed by atoms with Crippen molar-refractivity contribution in [2.75, 3.05) is 54.4 Å². The van der Waals surface area contributed by atoms with Gasteiger partial charge < -0.3 is 15.5 Å². The Kier molecular flexibility index (Phi) is 9.41. The van der Waals surface area contributed by atoms with Crippen LogP contribution >= 0.6 is 0 Å². The minimum Gasteiger partial charge on any atom is -0.324 e. The van der Waals surface area contributed by atoms with Crippen LogP contribution in [0.5, 0.6) is 0 Å². The van der Waals surface area contributed by atoms with Crippen LogP contribution in [0.2, 0.25) is 0 Å². The molecule has 0 bridgehead atoms. The lowest BCUT2D eigenvalue weighted by Gasteiger charge is -2.24. The Hall–Kier alpha value is -0.940. The molecule has 1 unspecified atom stereocenters. The van der Waals surface area contributed by atoms with E-state index in [2.05, 4.69) is 67.2 Å². The van der Waals surface area contributed by atoms with Gasteiger partial charge >= 0.3 is 0 Å². The van der Waals surface area contributed by atoms with Crippen molar-refractivity contribution in [1.29, 1.82) is 0 Å². The first-order chi connectivity index (χ1) is 10.9. The molecule has 2 N–H and O–H groups in total. The van der Waals surface area contributed by atoms with E-state index in [4.69, 9.17) is 5.73 Å². The number of hydrogen-bond donors (Lipinski definition) is 1. The van der Waals surface area contributed by atoms with Crippen LogP contribution in [0, 0.1) is 0 Å². The van der Waals surface area contributed by atoms with Crippen molar-refractivity contribution in [2.45, 2.75) is 32.4 Å². The third-order valence-corrected chi connectivity index (χ3v) is 4.07. The van der Waals surface area contributed by atoms with Gasteiger partial charge in [0.1, 0.15) is 0 Å². The van der Waals surface area contributed by atoms with Crippen molar-refractivity contribution in [3.05, 3.63) is 35.4 Å². The number of hydrogen-bond acceptors (Lipinski definition) is 4. The average molecular weight is 321 g/mol. The lowest BCUT2D eigenvalue weighted by atomic mass is 10.1. The molecule has 0 radical (unpaired) electrons. The molecule has 23 heavy (non-hydrogen) atoms. The summed E-state index contributed by atoms with van der Waals surface area (Å²) in [5, 5.41) is 0. The standard InChI is InChI=1S/C19H36N4/c1-17(20)19-10-8-18(9-11-19)16-23(14-6-12-21(2)3)15-7-13-22(4)5/h8-11,17H,6-7,12-16,20H2,1-5H3. The number of benzene rings is 1. The molecule has 0 amide bonds. The van der Waals surface area contributed by atoms with E-state index in [-0.39, 0.29) is 6.04 Å². The van der Waals surface area contributed by atoms with Gasteiger partial charge in [-0.25, -0.2) is 0 Å². The molecule has 0 aliphatic carbocycles. The van der Waals surface area contributed by atoms with E-state index in [1.54, 1.807) is 0 Å². The molecule has 0 spiro atoms. The van der Waals surface area contributed by atoms with E-state index in [1.807, 2.05) is 6.92 Å². The zero-order valence-corrected chi connectivity index (χ0v) is 15.8. The molecule has 1 aromatic rings. The summed E-state index contributed by atoms with van der Waals surface area (Å²) in [5.41, 5.74) is 8.52. The quantitative estimate of drug-likeness (QED) is 0.679. The molecule has 1 rings (SSSR count). The Bertz CT molecular complexity index is 398. The molecule has 4 heteroatoms. The van der Waals surface area contributed by atoms with Gasteiger partial charge in [-0.15, -0.1) is 0 Å². The summed E-state index contributed by atoms with van der Waals surface area (Å²) in [5.74, 6) is 0. The van der Waals surface area contributed by atoms with Gasteiger partial charge in [0.15, 0.2) is 0 Å². The van der Waals surface area contributed by atoms with Gasteiger partial charge in [-0.2, -0.15) is 0 Å². The lowest BCUT2D eigenvalue weighted by molar-refractivity contribution is 0.234. The van der Waals surface area contributed by atoms with Crippen LogP contribution in [0.1, 0.15) is 36.9 Å². The third-order valence-electron chi connectivity index (χ3n) is 4.07. The monoisotopic (exact) mass is 320 g/mol. The number of rotatable bonds is 11. The summed E-state index contributed by atoms with van der Waals surface area (Å²) in [6, 6.07) is 8.89. The first-order valence-electron chi connectivity index (χ1n) is 8.74. The topological polar surface area (TPSA) is 35.7 Å². The second-order valence-corrected chi connectivity index (χ2v) is 7.12. The highest BCUT2D eigenvalue weighted by molar-refractivity contribution is 5.24. The molecule has 0 fully saturated rings. The predicted molar refractivity (Wildman–Crippen MR) is 101 cm³/mol. The molecule has 0 aliphatic heterocycles. The van der Waals surface area contributed by atoms with Gasteiger partial charge in [0.25, 0.3) is 0 Å². The maximum atomic E-state index is 5.93. The second-order valence-electron chi connectivity index (χ2n) is 7.12. The maximum absolute atomic E-state index is 5.93. The van der Waals surface area contributed by atoms with E-state index in [0.29, 0.717) is 0 Å². The summed E-state index contributed by atoms with van der Waals surface area (Å²) in [6.07, 6.45) is 2.43. The molecular formula is C19H36N4. The second kappa shape index (κ2) is 10.8. The van der Waals surface area contributed by atoms with Crippen molar-refractivity contribution in [3.63, 3.8) is 0 Å². The normalized spacial score (nSPS) is 13.3. The molecule has 4 nitrogen and oxygen atoms in total. The molecule has 1 aromatic carbocycles. The minimum absolute atomic E-state index is 0.111. The van der Waals surface area contributed by atoms with Gasteiger partial charge in [0, 0.05) is 12.6 Å². The van der Waals surface area contributed by atoms with Crippen molar-refractivity contribution in [1.82, 2.24) is 14.7 Å². The maximum Gasteiger partial charge on any atom is 0.0266 e. The van der Waals surface area contributed by atoms with Crippen molar-refractivity contribution in [3.8, 4) is 0 Å². The van der Waals surface area contributed by atoms with Gasteiger partial charge in [-0.1, -0.05) is 24.3 Å². The summed E-state index contributed by atoms with van der Waals surface area (Å²) < 4.78 is 0. The van der Waals surface area contributed by atoms with Crippen LogP contribution in [0.3, 0.4) is 0 Å². The average Bonchev–Trinajstić information content (AvgIpc) is 2.46. The highest BCUT2D eigenvalue weighted by Crippen LogP contribution is 2.13. The van der Waals surface area contributed by atoms with E-state index >= 15 is 0 Å². The fraction of sp³-hybridized carbons (Fsp3) is 0.684. The highest BCUT2D eigenvalue weighted by atomic mass is 15.1. The zero-order valence-electron chi connectivity index (χ0n) is 15.8. The van der Waals surface area contributed by atoms with Crippen LogP contribution in [0.25, 0.3) is 0 Å². The Morgan fingerprint density at radius 2 is 1.30 bits per heavy atom. The van der Waals surface area contributed by atoms with E-state index in [1.165, 1.54) is 24.0 Å². The Morgan fingerprint density at radius 1 is 0.826 bits per heavy atom. The molecule has 0 heterocycles. The van der Waals surface area contributed by atoms with Crippen LogP contribution in [-0.2, 0) is 6.54 Å². The van der Waals surface area contributed by atoms with Crippen LogP contribution in [0.15, 0.2) is 24.3 Å². The fourth-order valence-corrected chi connectivity index (χ4v) is 2.68. The van der Waals surface area contributed by atoms with E-state index in [9.17, 15) is 0 Å². The summed E-state index contributed by atoms with van der Waals surface area (Å²) in [6.45, 7) is 7.66. The van der Waals surface area contributed by atoms with Gasteiger partial charge in [0.2, 0.25) is 0 Å². The van der Waals surface area contributed by atoms with Crippen LogP contribution in [0.4, 0.5) is 0 Å². The molecule has 0 aromatic heterocycles. The van der Waals surface area contributed by atoms with Crippen molar-refractivity contribution >= 4 is 0 Å². The van der Waals surface area contributed by atoms with Crippen LogP contribution < -0.4 is 5.73 Å². The lowest BCUT2D eigenvalue weighted by Crippen LogP contribution is -2.30. The summed E-state index contributed by atoms with van der Waals surface area (Å²) in [4.78, 5) is 7.10. The van der Waals surface area contributed by atoms with Crippen LogP contribution in [-0.4, -0.2) is 69.1 Å². The van der Waals surface area contributed by atoms with E-state index in [0.717, 1.165) is 32.7 Å². The highest BCUT2D eigenvalue weighted by Gasteiger charge is 2.07. The fourth-order valence-electron chi connectivity index (χ4n) is 2.68. The predicted octanol–water partition coefficient (Wildman–Crippen LogP) is 2.41. The number of nitrogens with two attached hydrogens (primary N) is 1. The smallest absolute Gasteiger partial charge is 0.0266 e. The third kappa shape index (κ3) is 9.06. The minimum atomic E-state index is 0.111. The molecule has 1 atom stereocenters. The SMILES string of the molecule is CC(N)c1ccc(CN(CCCN(C)C)CCCN(C)C)cc1. The first-order valence-corrected chi connectivity index (χ1v) is 8.74. The molecule has 132 valence electrons. The van der Waals surface area contributed by atoms with Gasteiger partial charge in [-0.05, 0) is 85.3 Å². The van der Waals surface area contributed by atoms with E-state index < -0.39 is 0 Å². The summed E-state index contributed by atoms with van der Waals surface area (Å²) in [7, 11) is 8.57. The number of nitrogens with zero attached hydrogens (tertiary/aromatic N) is 3. The van der Waals surface area contributed by atoms with Gasteiger partial charge in [0.05, 0.1) is 0 Å². The Morgan fingerprint density at radius 3 is 1.70 bits per heavy atom. The molecule has 0 saturated heterocycles. The van der Waals surface area contributed by atoms with Crippen molar-refractivity contribution < 1.29 is 0 Å². The Balaban J connectivity index is 2.55. The van der Waals surface area contributed by atoms with Gasteiger partial charge in [-0.3, -0.25) is 4.90 Å².